The normalized spacial score (nSPS) is 10.2. The molecule has 3 aromatic rings. The van der Waals surface area contributed by atoms with Gasteiger partial charge < -0.3 is 4.52 Å². The first-order chi connectivity index (χ1) is 9.76. The molecular weight excluding hydrogens is 322 g/mol. The maximum atomic E-state index is 6.88. The van der Waals surface area contributed by atoms with Crippen molar-refractivity contribution in [2.24, 2.45) is 0 Å². The number of nitrogens with zero attached hydrogens (tertiary/aromatic N) is 5. The van der Waals surface area contributed by atoms with Gasteiger partial charge in [0.25, 0.3) is 5.89 Å². The first-order valence-corrected chi connectivity index (χ1v) is 6.34. The summed E-state index contributed by atoms with van der Waals surface area (Å²) in [7, 11) is 0. The van der Waals surface area contributed by atoms with Gasteiger partial charge in [-0.25, -0.2) is 4.85 Å². The highest BCUT2D eigenvalue weighted by molar-refractivity contribution is 9.10. The van der Waals surface area contributed by atoms with Crippen molar-refractivity contribution >= 4 is 21.6 Å². The minimum absolute atomic E-state index is 0.366. The Morgan fingerprint density at radius 3 is 2.80 bits per heavy atom. The molecule has 0 fully saturated rings. The third kappa shape index (κ3) is 2.41. The molecule has 96 valence electrons. The first-order valence-electron chi connectivity index (χ1n) is 5.55. The van der Waals surface area contributed by atoms with Crippen molar-refractivity contribution in [1.29, 1.82) is 0 Å². The number of hydrogen-bond donors (Lipinski definition) is 0. The molecule has 20 heavy (non-hydrogen) atoms. The molecule has 0 amide bonds. The van der Waals surface area contributed by atoms with Crippen LogP contribution in [-0.2, 0) is 0 Å². The van der Waals surface area contributed by atoms with Crippen LogP contribution in [0.25, 0.3) is 27.8 Å². The van der Waals surface area contributed by atoms with E-state index in [1.165, 1.54) is 6.20 Å². The molecule has 0 radical (unpaired) electrons. The molecule has 0 saturated heterocycles. The van der Waals surface area contributed by atoms with E-state index in [0.717, 1.165) is 10.0 Å². The van der Waals surface area contributed by atoms with Crippen LogP contribution in [0.15, 0.2) is 45.8 Å². The summed E-state index contributed by atoms with van der Waals surface area (Å²) < 4.78 is 6.02. The highest BCUT2D eigenvalue weighted by Crippen LogP contribution is 2.23. The SMILES string of the molecule is [C-]#[N+]c1ccc(-c2noc(-c3cncc(Br)c3)n2)nc1. The molecule has 0 spiro atoms. The van der Waals surface area contributed by atoms with E-state index in [1.54, 1.807) is 24.5 Å². The molecular formula is C13H6BrN5O. The predicted molar refractivity (Wildman–Crippen MR) is 74.7 cm³/mol. The summed E-state index contributed by atoms with van der Waals surface area (Å²) in [6.07, 6.45) is 4.78. The van der Waals surface area contributed by atoms with E-state index in [1.807, 2.05) is 6.07 Å². The molecule has 0 saturated carbocycles. The predicted octanol–water partition coefficient (Wildman–Crippen LogP) is 3.51. The van der Waals surface area contributed by atoms with Crippen LogP contribution in [0.5, 0.6) is 0 Å². The standard InChI is InChI=1S/C13H6BrN5O/c1-15-10-2-3-11(17-7-10)12-18-13(20-19-12)8-4-9(14)6-16-5-8/h2-7H. The second-order valence-corrected chi connectivity index (χ2v) is 4.74. The molecule has 3 aromatic heterocycles. The van der Waals surface area contributed by atoms with Crippen LogP contribution in [0.3, 0.4) is 0 Å². The van der Waals surface area contributed by atoms with Gasteiger partial charge in [-0.1, -0.05) is 11.2 Å². The summed E-state index contributed by atoms with van der Waals surface area (Å²) in [4.78, 5) is 15.7. The van der Waals surface area contributed by atoms with E-state index in [2.05, 4.69) is 40.9 Å². The molecule has 7 heteroatoms. The van der Waals surface area contributed by atoms with E-state index < -0.39 is 0 Å². The summed E-state index contributed by atoms with van der Waals surface area (Å²) in [6.45, 7) is 6.88. The van der Waals surface area contributed by atoms with Crippen molar-refractivity contribution in [3.63, 3.8) is 0 Å². The van der Waals surface area contributed by atoms with Crippen molar-refractivity contribution in [1.82, 2.24) is 20.1 Å². The maximum Gasteiger partial charge on any atom is 0.259 e. The Labute approximate surface area is 122 Å². The Balaban J connectivity index is 1.95. The van der Waals surface area contributed by atoms with Crippen LogP contribution >= 0.6 is 15.9 Å². The number of aromatic nitrogens is 4. The fourth-order valence-electron chi connectivity index (χ4n) is 1.56. The van der Waals surface area contributed by atoms with Gasteiger partial charge in [0, 0.05) is 23.1 Å². The van der Waals surface area contributed by atoms with Crippen molar-refractivity contribution in [2.45, 2.75) is 0 Å². The van der Waals surface area contributed by atoms with E-state index in [9.17, 15) is 0 Å². The summed E-state index contributed by atoms with van der Waals surface area (Å²) in [5.41, 5.74) is 1.74. The topological polar surface area (TPSA) is 69.1 Å². The molecule has 0 aliphatic carbocycles. The molecule has 3 rings (SSSR count). The summed E-state index contributed by atoms with van der Waals surface area (Å²) in [5, 5.41) is 3.88. The van der Waals surface area contributed by atoms with Crippen LogP contribution in [0.4, 0.5) is 5.69 Å². The van der Waals surface area contributed by atoms with E-state index in [-0.39, 0.29) is 0 Å². The van der Waals surface area contributed by atoms with Crippen molar-refractivity contribution < 1.29 is 4.52 Å². The Kier molecular flexibility index (Phi) is 3.23. The lowest BCUT2D eigenvalue weighted by molar-refractivity contribution is 0.432. The smallest absolute Gasteiger partial charge is 0.259 e. The van der Waals surface area contributed by atoms with Gasteiger partial charge in [-0.3, -0.25) is 9.97 Å². The van der Waals surface area contributed by atoms with Gasteiger partial charge in [-0.2, -0.15) is 4.98 Å². The van der Waals surface area contributed by atoms with Crippen LogP contribution in [0.2, 0.25) is 0 Å². The number of halogens is 1. The highest BCUT2D eigenvalue weighted by Gasteiger charge is 2.12. The Morgan fingerprint density at radius 2 is 2.10 bits per heavy atom. The Bertz CT molecular complexity index is 791. The zero-order valence-corrected chi connectivity index (χ0v) is 11.6. The fourth-order valence-corrected chi connectivity index (χ4v) is 1.92. The molecule has 6 nitrogen and oxygen atoms in total. The minimum atomic E-state index is 0.366. The third-order valence-electron chi connectivity index (χ3n) is 2.48. The molecule has 0 atom stereocenters. The third-order valence-corrected chi connectivity index (χ3v) is 2.92. The molecule has 0 N–H and O–H groups in total. The largest absolute Gasteiger partial charge is 0.333 e. The summed E-state index contributed by atoms with van der Waals surface area (Å²) in [5.74, 6) is 0.737. The van der Waals surface area contributed by atoms with Crippen molar-refractivity contribution in [3.05, 3.63) is 52.7 Å². The summed E-state index contributed by atoms with van der Waals surface area (Å²) in [6, 6.07) is 5.17. The van der Waals surface area contributed by atoms with Crippen LogP contribution < -0.4 is 0 Å². The van der Waals surface area contributed by atoms with Gasteiger partial charge in [-0.05, 0) is 28.1 Å². The quantitative estimate of drug-likeness (QED) is 0.673. The maximum absolute atomic E-state index is 6.88. The number of pyridine rings is 2. The van der Waals surface area contributed by atoms with Gasteiger partial charge in [0.1, 0.15) is 5.69 Å². The molecule has 0 unspecified atom stereocenters. The summed E-state index contributed by atoms with van der Waals surface area (Å²) >= 11 is 3.33. The molecule has 0 bridgehead atoms. The van der Waals surface area contributed by atoms with Gasteiger partial charge >= 0.3 is 0 Å². The molecule has 0 aromatic carbocycles. The van der Waals surface area contributed by atoms with Crippen LogP contribution in [-0.4, -0.2) is 20.1 Å². The van der Waals surface area contributed by atoms with Crippen LogP contribution in [0, 0.1) is 6.57 Å². The zero-order valence-electron chi connectivity index (χ0n) is 9.99. The lowest BCUT2D eigenvalue weighted by Crippen LogP contribution is -1.85. The lowest BCUT2D eigenvalue weighted by atomic mass is 10.3. The van der Waals surface area contributed by atoms with Crippen LogP contribution in [0.1, 0.15) is 0 Å². The highest BCUT2D eigenvalue weighted by atomic mass is 79.9. The minimum Gasteiger partial charge on any atom is -0.333 e. The Morgan fingerprint density at radius 1 is 1.20 bits per heavy atom. The van der Waals surface area contributed by atoms with Gasteiger partial charge in [-0.15, -0.1) is 0 Å². The van der Waals surface area contributed by atoms with Crippen molar-refractivity contribution in [3.8, 4) is 23.0 Å². The zero-order chi connectivity index (χ0) is 13.9. The average Bonchev–Trinajstić information content (AvgIpc) is 2.97. The average molecular weight is 328 g/mol. The van der Waals surface area contributed by atoms with E-state index in [4.69, 9.17) is 11.1 Å². The van der Waals surface area contributed by atoms with Gasteiger partial charge in [0.05, 0.1) is 12.1 Å². The first kappa shape index (κ1) is 12.4. The molecule has 0 aliphatic rings. The van der Waals surface area contributed by atoms with E-state index >= 15 is 0 Å². The van der Waals surface area contributed by atoms with Gasteiger partial charge in [0.2, 0.25) is 11.5 Å². The number of rotatable bonds is 2. The lowest BCUT2D eigenvalue weighted by Gasteiger charge is -1.94. The number of hydrogen-bond acceptors (Lipinski definition) is 5. The fraction of sp³-hybridized carbons (Fsp3) is 0. The second kappa shape index (κ2) is 5.19. The van der Waals surface area contributed by atoms with E-state index in [0.29, 0.717) is 23.1 Å². The van der Waals surface area contributed by atoms with Crippen molar-refractivity contribution in [2.75, 3.05) is 0 Å². The second-order valence-electron chi connectivity index (χ2n) is 3.83. The monoisotopic (exact) mass is 327 g/mol. The molecule has 0 aliphatic heterocycles. The van der Waals surface area contributed by atoms with Gasteiger partial charge in [0.15, 0.2) is 0 Å². The Hall–Kier alpha value is -2.59. The molecule has 3 heterocycles.